The Labute approximate surface area is 160 Å². The molecule has 0 aromatic heterocycles. The van der Waals surface area contributed by atoms with Crippen molar-refractivity contribution < 1.29 is 14.7 Å². The average molecular weight is 368 g/mol. The molecule has 1 aliphatic heterocycles. The molecule has 2 aromatic carbocycles. The van der Waals surface area contributed by atoms with Crippen LogP contribution in [0.15, 0.2) is 54.6 Å². The van der Waals surface area contributed by atoms with Crippen LogP contribution in [0, 0.1) is 12.3 Å². The number of carbonyl (C=O) groups is 2. The minimum Gasteiger partial charge on any atom is -0.481 e. The predicted molar refractivity (Wildman–Crippen MR) is 107 cm³/mol. The Morgan fingerprint density at radius 3 is 2.26 bits per heavy atom. The number of hydrogen-bond donors (Lipinski definition) is 3. The highest BCUT2D eigenvalue weighted by Gasteiger charge is 2.43. The van der Waals surface area contributed by atoms with Crippen molar-refractivity contribution in [3.05, 3.63) is 71.3 Å². The van der Waals surface area contributed by atoms with Gasteiger partial charge in [0.05, 0.1) is 5.41 Å². The minimum absolute atomic E-state index is 0.174. The molecule has 0 saturated carbocycles. The second kappa shape index (κ2) is 9.88. The number of benzene rings is 2. The molecule has 1 amide bonds. The van der Waals surface area contributed by atoms with E-state index >= 15 is 0 Å². The van der Waals surface area contributed by atoms with Gasteiger partial charge in [0, 0.05) is 26.6 Å². The van der Waals surface area contributed by atoms with Crippen LogP contribution in [-0.2, 0) is 22.4 Å². The van der Waals surface area contributed by atoms with E-state index in [0.717, 1.165) is 32.9 Å². The summed E-state index contributed by atoms with van der Waals surface area (Å²) in [6, 6.07) is 18.7. The van der Waals surface area contributed by atoms with Crippen molar-refractivity contribution in [2.24, 2.45) is 5.41 Å². The summed E-state index contributed by atoms with van der Waals surface area (Å²) in [5.74, 6) is -0.659. The Bertz CT molecular complexity index is 751. The van der Waals surface area contributed by atoms with E-state index in [1.165, 1.54) is 16.7 Å². The molecule has 0 radical (unpaired) electrons. The standard InChI is InChI=1S/C20H24N2O.C2H4O2/c1-16-6-5-9-17(12-16)10-11-22-19(23)20(14-21-15-20)13-18-7-3-2-4-8-18;1-2(3)4/h2-9,12,21H,10-11,13-15H2,1H3,(H,22,23);1H3,(H,3,4). The van der Waals surface area contributed by atoms with Crippen LogP contribution in [-0.4, -0.2) is 36.6 Å². The number of amides is 1. The molecular formula is C22H28N2O3. The zero-order chi connectivity index (χ0) is 19.7. The van der Waals surface area contributed by atoms with Crippen molar-refractivity contribution in [3.63, 3.8) is 0 Å². The lowest BCUT2D eigenvalue weighted by Gasteiger charge is -2.41. The Morgan fingerprint density at radius 1 is 1.07 bits per heavy atom. The van der Waals surface area contributed by atoms with Gasteiger partial charge in [-0.1, -0.05) is 60.2 Å². The molecule has 0 aliphatic carbocycles. The van der Waals surface area contributed by atoms with Crippen LogP contribution in [0.2, 0.25) is 0 Å². The molecule has 3 N–H and O–H groups in total. The lowest BCUT2D eigenvalue weighted by molar-refractivity contribution is -0.135. The van der Waals surface area contributed by atoms with Gasteiger partial charge in [0.15, 0.2) is 0 Å². The number of aryl methyl sites for hydroxylation is 1. The third-order valence-corrected chi connectivity index (χ3v) is 4.58. The smallest absolute Gasteiger partial charge is 0.300 e. The fourth-order valence-electron chi connectivity index (χ4n) is 3.15. The molecule has 5 heteroatoms. The number of nitrogens with one attached hydrogen (secondary N) is 2. The molecule has 0 bridgehead atoms. The Morgan fingerprint density at radius 2 is 1.70 bits per heavy atom. The van der Waals surface area contributed by atoms with Crippen molar-refractivity contribution in [3.8, 4) is 0 Å². The Hall–Kier alpha value is -2.66. The normalized spacial score (nSPS) is 14.3. The van der Waals surface area contributed by atoms with E-state index in [0.29, 0.717) is 6.54 Å². The number of carbonyl (C=O) groups excluding carboxylic acids is 1. The van der Waals surface area contributed by atoms with Gasteiger partial charge >= 0.3 is 0 Å². The summed E-state index contributed by atoms with van der Waals surface area (Å²) in [6.45, 7) is 5.39. The van der Waals surface area contributed by atoms with E-state index < -0.39 is 5.97 Å². The van der Waals surface area contributed by atoms with E-state index in [1.807, 2.05) is 18.2 Å². The number of carboxylic acid groups (broad SMARTS) is 1. The molecule has 144 valence electrons. The number of rotatable bonds is 6. The maximum absolute atomic E-state index is 12.7. The molecule has 1 heterocycles. The molecular weight excluding hydrogens is 340 g/mol. The van der Waals surface area contributed by atoms with Crippen LogP contribution in [0.3, 0.4) is 0 Å². The van der Waals surface area contributed by atoms with Crippen LogP contribution < -0.4 is 10.6 Å². The largest absolute Gasteiger partial charge is 0.481 e. The summed E-state index contributed by atoms with van der Waals surface area (Å²) >= 11 is 0. The van der Waals surface area contributed by atoms with Crippen molar-refractivity contribution in [1.29, 1.82) is 0 Å². The van der Waals surface area contributed by atoms with Gasteiger partial charge in [-0.2, -0.15) is 0 Å². The summed E-state index contributed by atoms with van der Waals surface area (Å²) in [5, 5.41) is 13.8. The number of hydrogen-bond acceptors (Lipinski definition) is 3. The van der Waals surface area contributed by atoms with Gasteiger partial charge in [-0.25, -0.2) is 0 Å². The maximum Gasteiger partial charge on any atom is 0.300 e. The first-order valence-electron chi connectivity index (χ1n) is 9.19. The van der Waals surface area contributed by atoms with Crippen molar-refractivity contribution in [2.45, 2.75) is 26.7 Å². The Kier molecular flexibility index (Phi) is 7.55. The minimum atomic E-state index is -0.833. The van der Waals surface area contributed by atoms with Gasteiger partial charge in [-0.05, 0) is 30.9 Å². The molecule has 1 aliphatic rings. The van der Waals surface area contributed by atoms with Gasteiger partial charge in [-0.3, -0.25) is 9.59 Å². The maximum atomic E-state index is 12.7. The first-order chi connectivity index (χ1) is 12.9. The fraction of sp³-hybridized carbons (Fsp3) is 0.364. The molecule has 27 heavy (non-hydrogen) atoms. The zero-order valence-corrected chi connectivity index (χ0v) is 16.0. The summed E-state index contributed by atoms with van der Waals surface area (Å²) < 4.78 is 0. The second-order valence-corrected chi connectivity index (χ2v) is 7.06. The van der Waals surface area contributed by atoms with Gasteiger partial charge < -0.3 is 15.7 Å². The topological polar surface area (TPSA) is 78.4 Å². The third-order valence-electron chi connectivity index (χ3n) is 4.58. The Balaban J connectivity index is 0.000000596. The van der Waals surface area contributed by atoms with Gasteiger partial charge in [0.1, 0.15) is 0 Å². The summed E-state index contributed by atoms with van der Waals surface area (Å²) in [5.41, 5.74) is 3.48. The van der Waals surface area contributed by atoms with Crippen molar-refractivity contribution >= 4 is 11.9 Å². The van der Waals surface area contributed by atoms with Crippen LogP contribution >= 0.6 is 0 Å². The molecule has 1 saturated heterocycles. The summed E-state index contributed by atoms with van der Waals surface area (Å²) in [6.07, 6.45) is 1.68. The molecule has 3 rings (SSSR count). The van der Waals surface area contributed by atoms with Crippen molar-refractivity contribution in [2.75, 3.05) is 19.6 Å². The van der Waals surface area contributed by atoms with Gasteiger partial charge in [0.25, 0.3) is 5.97 Å². The summed E-state index contributed by atoms with van der Waals surface area (Å²) in [4.78, 5) is 21.7. The second-order valence-electron chi connectivity index (χ2n) is 7.06. The third kappa shape index (κ3) is 6.53. The molecule has 2 aromatic rings. The van der Waals surface area contributed by atoms with E-state index in [4.69, 9.17) is 9.90 Å². The lowest BCUT2D eigenvalue weighted by Crippen LogP contribution is -2.62. The van der Waals surface area contributed by atoms with Crippen LogP contribution in [0.1, 0.15) is 23.6 Å². The lowest BCUT2D eigenvalue weighted by atomic mass is 9.75. The van der Waals surface area contributed by atoms with E-state index in [2.05, 4.69) is 54.0 Å². The van der Waals surface area contributed by atoms with Gasteiger partial charge in [0.2, 0.25) is 5.91 Å². The molecule has 5 nitrogen and oxygen atoms in total. The predicted octanol–water partition coefficient (Wildman–Crippen LogP) is 2.58. The highest BCUT2D eigenvalue weighted by molar-refractivity contribution is 5.84. The first-order valence-corrected chi connectivity index (χ1v) is 9.19. The van der Waals surface area contributed by atoms with Crippen LogP contribution in [0.5, 0.6) is 0 Å². The van der Waals surface area contributed by atoms with E-state index in [1.54, 1.807) is 0 Å². The van der Waals surface area contributed by atoms with E-state index in [9.17, 15) is 4.79 Å². The fourth-order valence-corrected chi connectivity index (χ4v) is 3.15. The molecule has 1 fully saturated rings. The average Bonchev–Trinajstić information content (AvgIpc) is 2.58. The molecule has 0 unspecified atom stereocenters. The number of carboxylic acids is 1. The molecule has 0 spiro atoms. The number of aliphatic carboxylic acids is 1. The monoisotopic (exact) mass is 368 g/mol. The molecule has 0 atom stereocenters. The van der Waals surface area contributed by atoms with Crippen LogP contribution in [0.4, 0.5) is 0 Å². The SMILES string of the molecule is CC(=O)O.Cc1cccc(CCNC(=O)C2(Cc3ccccc3)CNC2)c1. The van der Waals surface area contributed by atoms with Crippen molar-refractivity contribution in [1.82, 2.24) is 10.6 Å². The highest BCUT2D eigenvalue weighted by Crippen LogP contribution is 2.28. The first kappa shape index (κ1) is 20.6. The highest BCUT2D eigenvalue weighted by atomic mass is 16.4. The zero-order valence-electron chi connectivity index (χ0n) is 16.0. The van der Waals surface area contributed by atoms with Gasteiger partial charge in [-0.15, -0.1) is 0 Å². The summed E-state index contributed by atoms with van der Waals surface area (Å²) in [7, 11) is 0. The van der Waals surface area contributed by atoms with E-state index in [-0.39, 0.29) is 11.3 Å². The quantitative estimate of drug-likeness (QED) is 0.732. The van der Waals surface area contributed by atoms with Crippen LogP contribution in [0.25, 0.3) is 0 Å².